The minimum atomic E-state index is -3.46. The third kappa shape index (κ3) is 2.74. The largest absolute Gasteiger partial charge is 0.379 e. The highest BCUT2D eigenvalue weighted by Gasteiger charge is 2.48. The molecule has 8 heteroatoms. The van der Waals surface area contributed by atoms with E-state index in [0.29, 0.717) is 15.8 Å². The maximum atomic E-state index is 13.1. The topological polar surface area (TPSA) is 84.4 Å². The predicted molar refractivity (Wildman–Crippen MR) is 119 cm³/mol. The molecular formula is C23H25N3O4S. The van der Waals surface area contributed by atoms with Crippen molar-refractivity contribution in [1.29, 1.82) is 0 Å². The Labute approximate surface area is 180 Å². The van der Waals surface area contributed by atoms with Gasteiger partial charge >= 0.3 is 0 Å². The predicted octanol–water partition coefficient (Wildman–Crippen LogP) is 2.70. The highest BCUT2D eigenvalue weighted by molar-refractivity contribution is 7.92. The van der Waals surface area contributed by atoms with E-state index in [9.17, 15) is 13.2 Å². The molecule has 31 heavy (non-hydrogen) atoms. The van der Waals surface area contributed by atoms with Crippen LogP contribution < -0.4 is 10.5 Å². The molecule has 7 nitrogen and oxygen atoms in total. The number of hydrogen-bond acceptors (Lipinski definition) is 5. The molecule has 2 aliphatic heterocycles. The number of benzene rings is 1. The number of nitrogens with zero attached hydrogens (tertiary/aromatic N) is 2. The Kier molecular flexibility index (Phi) is 3.99. The van der Waals surface area contributed by atoms with E-state index in [-0.39, 0.29) is 18.8 Å². The Balaban J connectivity index is 1.53. The summed E-state index contributed by atoms with van der Waals surface area (Å²) in [5, 5.41) is 0.325. The van der Waals surface area contributed by atoms with Crippen LogP contribution in [0.3, 0.4) is 0 Å². The number of H-pyrrole nitrogens is 1. The van der Waals surface area contributed by atoms with Gasteiger partial charge in [0.1, 0.15) is 10.8 Å². The van der Waals surface area contributed by atoms with Crippen LogP contribution in [0.1, 0.15) is 19.3 Å². The lowest BCUT2D eigenvalue weighted by molar-refractivity contribution is 0.0416. The summed E-state index contributed by atoms with van der Waals surface area (Å²) < 4.78 is 32.9. The van der Waals surface area contributed by atoms with Crippen molar-refractivity contribution in [2.24, 2.45) is 12.5 Å². The molecule has 2 aromatic heterocycles. The van der Waals surface area contributed by atoms with Crippen LogP contribution >= 0.6 is 0 Å². The van der Waals surface area contributed by atoms with E-state index in [0.717, 1.165) is 35.3 Å². The van der Waals surface area contributed by atoms with Gasteiger partial charge in [0.05, 0.1) is 18.1 Å². The Hall–Kier alpha value is -2.58. The van der Waals surface area contributed by atoms with E-state index < -0.39 is 15.1 Å². The molecule has 1 saturated carbocycles. The molecule has 0 bridgehead atoms. The molecule has 3 aromatic rings. The molecule has 0 amide bonds. The summed E-state index contributed by atoms with van der Waals surface area (Å²) in [5.74, 6) is 0. The molecule has 4 heterocycles. The summed E-state index contributed by atoms with van der Waals surface area (Å²) in [4.78, 5) is 18.3. The lowest BCUT2D eigenvalue weighted by Crippen LogP contribution is -2.60. The van der Waals surface area contributed by atoms with E-state index in [1.165, 1.54) is 19.3 Å². The number of ether oxygens (including phenoxy) is 1. The molecule has 0 radical (unpaired) electrons. The Bertz CT molecular complexity index is 1360. The van der Waals surface area contributed by atoms with Crippen molar-refractivity contribution in [1.82, 2.24) is 9.55 Å². The zero-order chi connectivity index (χ0) is 21.4. The molecule has 0 atom stereocenters. The summed E-state index contributed by atoms with van der Waals surface area (Å²) in [6.07, 6.45) is 7.42. The Morgan fingerprint density at radius 2 is 1.90 bits per heavy atom. The monoisotopic (exact) mass is 439 g/mol. The van der Waals surface area contributed by atoms with E-state index >= 15 is 0 Å². The van der Waals surface area contributed by atoms with Crippen LogP contribution in [0.4, 0.5) is 5.69 Å². The van der Waals surface area contributed by atoms with Gasteiger partial charge in [0.2, 0.25) is 0 Å². The maximum absolute atomic E-state index is 13.1. The summed E-state index contributed by atoms with van der Waals surface area (Å²) in [6.45, 7) is 2.50. The van der Waals surface area contributed by atoms with Gasteiger partial charge in [0.25, 0.3) is 5.56 Å². The summed E-state index contributed by atoms with van der Waals surface area (Å²) in [6, 6.07) is 7.35. The number of anilines is 1. The van der Waals surface area contributed by atoms with Gasteiger partial charge < -0.3 is 19.2 Å². The normalized spacial score (nSPS) is 20.5. The lowest BCUT2D eigenvalue weighted by atomic mass is 9.63. The van der Waals surface area contributed by atoms with Crippen LogP contribution in [0.25, 0.3) is 22.0 Å². The third-order valence-corrected chi connectivity index (χ3v) is 9.40. The Morgan fingerprint density at radius 3 is 2.55 bits per heavy atom. The number of rotatable bonds is 4. The first-order valence-electron chi connectivity index (χ1n) is 10.8. The fraction of sp³-hybridized carbons (Fsp3) is 0.435. The number of aromatic amines is 1. The van der Waals surface area contributed by atoms with Gasteiger partial charge in [-0.25, -0.2) is 8.42 Å². The van der Waals surface area contributed by atoms with E-state index in [2.05, 4.69) is 9.88 Å². The average molecular weight is 440 g/mol. The number of fused-ring (bicyclic) bond motifs is 1. The fourth-order valence-electron chi connectivity index (χ4n) is 5.18. The first kappa shape index (κ1) is 19.1. The molecule has 162 valence electrons. The van der Waals surface area contributed by atoms with Gasteiger partial charge in [-0.2, -0.15) is 0 Å². The van der Waals surface area contributed by atoms with E-state index in [1.807, 2.05) is 18.3 Å². The first-order chi connectivity index (χ1) is 14.9. The fourth-order valence-corrected chi connectivity index (χ4v) is 6.66. The summed E-state index contributed by atoms with van der Waals surface area (Å²) in [5.41, 5.74) is 3.63. The molecule has 1 spiro atoms. The van der Waals surface area contributed by atoms with Gasteiger partial charge in [0.15, 0.2) is 9.84 Å². The zero-order valence-corrected chi connectivity index (χ0v) is 18.2. The van der Waals surface area contributed by atoms with E-state index in [1.54, 1.807) is 29.9 Å². The quantitative estimate of drug-likeness (QED) is 0.676. The molecule has 2 saturated heterocycles. The van der Waals surface area contributed by atoms with Gasteiger partial charge in [-0.15, -0.1) is 0 Å². The van der Waals surface area contributed by atoms with Crippen LogP contribution in [0.15, 0.2) is 46.3 Å². The molecule has 3 fully saturated rings. The van der Waals surface area contributed by atoms with Gasteiger partial charge in [-0.05, 0) is 37.1 Å². The molecule has 0 unspecified atom stereocenters. The van der Waals surface area contributed by atoms with Crippen LogP contribution in [0.2, 0.25) is 0 Å². The van der Waals surface area contributed by atoms with Crippen molar-refractivity contribution >= 4 is 26.4 Å². The highest BCUT2D eigenvalue weighted by Crippen LogP contribution is 2.51. The second-order valence-electron chi connectivity index (χ2n) is 9.32. The smallest absolute Gasteiger partial charge is 0.274 e. The average Bonchev–Trinajstić information content (AvgIpc) is 3.11. The molecule has 3 aliphatic rings. The molecule has 1 aromatic carbocycles. The SMILES string of the molecule is Cn1cc(-c2cc(S(=O)(=O)C3COC3)ccc2N2CC3(CCC3)C2)c2cc[nH]c2c1=O. The number of aromatic nitrogens is 2. The van der Waals surface area contributed by atoms with Crippen molar-refractivity contribution in [2.45, 2.75) is 29.4 Å². The van der Waals surface area contributed by atoms with Crippen molar-refractivity contribution in [3.63, 3.8) is 0 Å². The number of nitrogens with one attached hydrogen (secondary N) is 1. The second-order valence-corrected chi connectivity index (χ2v) is 11.5. The molecule has 1 aliphatic carbocycles. The number of sulfone groups is 1. The number of hydrogen-bond donors (Lipinski definition) is 1. The molecule has 1 N–H and O–H groups in total. The van der Waals surface area contributed by atoms with Crippen LogP contribution in [-0.2, 0) is 21.6 Å². The molecule has 6 rings (SSSR count). The van der Waals surface area contributed by atoms with Crippen LogP contribution in [0, 0.1) is 5.41 Å². The van der Waals surface area contributed by atoms with Gasteiger partial charge in [0, 0.05) is 60.1 Å². The molecular weight excluding hydrogens is 414 g/mol. The van der Waals surface area contributed by atoms with Crippen molar-refractivity contribution in [3.8, 4) is 11.1 Å². The Morgan fingerprint density at radius 1 is 1.13 bits per heavy atom. The first-order valence-corrected chi connectivity index (χ1v) is 12.3. The number of pyridine rings is 1. The van der Waals surface area contributed by atoms with Crippen molar-refractivity contribution < 1.29 is 13.2 Å². The standard InChI is InChI=1S/C23H25N3O4S/c1-25-10-19(17-5-8-24-21(17)22(25)27)18-9-15(31(28,29)16-11-30-12-16)3-4-20(18)26-13-23(14-26)6-2-7-23/h3-5,8-10,16,24H,2,6-7,11-14H2,1H3. The van der Waals surface area contributed by atoms with Crippen LogP contribution in [-0.4, -0.2) is 49.5 Å². The van der Waals surface area contributed by atoms with Crippen molar-refractivity contribution in [3.05, 3.63) is 47.0 Å². The lowest BCUT2D eigenvalue weighted by Gasteiger charge is -2.57. The highest BCUT2D eigenvalue weighted by atomic mass is 32.2. The minimum absolute atomic E-state index is 0.0990. The minimum Gasteiger partial charge on any atom is -0.379 e. The van der Waals surface area contributed by atoms with Gasteiger partial charge in [-0.3, -0.25) is 4.79 Å². The number of aryl methyl sites for hydroxylation is 1. The van der Waals surface area contributed by atoms with Crippen LogP contribution in [0.5, 0.6) is 0 Å². The summed E-state index contributed by atoms with van der Waals surface area (Å²) >= 11 is 0. The second kappa shape index (κ2) is 6.46. The summed E-state index contributed by atoms with van der Waals surface area (Å²) in [7, 11) is -1.73. The zero-order valence-electron chi connectivity index (χ0n) is 17.4. The third-order valence-electron chi connectivity index (χ3n) is 7.33. The van der Waals surface area contributed by atoms with Crippen molar-refractivity contribution in [2.75, 3.05) is 31.2 Å². The van der Waals surface area contributed by atoms with E-state index in [4.69, 9.17) is 4.74 Å². The van der Waals surface area contributed by atoms with Gasteiger partial charge in [-0.1, -0.05) is 6.42 Å². The maximum Gasteiger partial charge on any atom is 0.274 e.